The van der Waals surface area contributed by atoms with Crippen LogP contribution in [0.5, 0.6) is 17.2 Å². The Balaban J connectivity index is 2.05. The highest BCUT2D eigenvalue weighted by molar-refractivity contribution is 9.10. The maximum Gasteiger partial charge on any atom is 0.329 e. The van der Waals surface area contributed by atoms with Gasteiger partial charge < -0.3 is 19.5 Å². The summed E-state index contributed by atoms with van der Waals surface area (Å²) in [5.41, 5.74) is 4.12. The van der Waals surface area contributed by atoms with E-state index in [1.54, 1.807) is 24.3 Å². The highest BCUT2D eigenvalue weighted by Crippen LogP contribution is 2.37. The molecule has 0 spiro atoms. The summed E-state index contributed by atoms with van der Waals surface area (Å²) in [6.45, 7) is 1.82. The largest absolute Gasteiger partial charge is 0.493 e. The van der Waals surface area contributed by atoms with Crippen LogP contribution >= 0.6 is 15.9 Å². The van der Waals surface area contributed by atoms with E-state index >= 15 is 0 Å². The number of rotatable bonds is 6. The molecule has 0 aliphatic rings. The molecule has 9 heteroatoms. The van der Waals surface area contributed by atoms with Crippen LogP contribution in [-0.2, 0) is 9.59 Å². The van der Waals surface area contributed by atoms with Crippen LogP contribution in [0.3, 0.4) is 0 Å². The van der Waals surface area contributed by atoms with Crippen molar-refractivity contribution in [3.05, 3.63) is 45.9 Å². The van der Waals surface area contributed by atoms with E-state index in [9.17, 15) is 9.59 Å². The number of hydrogen-bond acceptors (Lipinski definition) is 6. The molecule has 2 amide bonds. The summed E-state index contributed by atoms with van der Waals surface area (Å²) in [7, 11) is 4.49. The van der Waals surface area contributed by atoms with E-state index in [1.165, 1.54) is 27.5 Å². The number of amides is 2. The van der Waals surface area contributed by atoms with Gasteiger partial charge in [0.05, 0.1) is 27.5 Å². The van der Waals surface area contributed by atoms with Crippen molar-refractivity contribution in [3.63, 3.8) is 0 Å². The topological polar surface area (TPSA) is 98.2 Å². The maximum absolute atomic E-state index is 12.0. The van der Waals surface area contributed by atoms with Gasteiger partial charge in [-0.05, 0) is 42.8 Å². The number of aryl methyl sites for hydroxylation is 1. The van der Waals surface area contributed by atoms with Crippen LogP contribution in [0.1, 0.15) is 11.1 Å². The lowest BCUT2D eigenvalue weighted by molar-refractivity contribution is -0.136. The number of methoxy groups -OCH3 is 3. The molecule has 2 rings (SSSR count). The Morgan fingerprint density at radius 1 is 1.00 bits per heavy atom. The molecule has 0 radical (unpaired) electrons. The SMILES string of the molecule is COc1cc(C=NNC(=O)C(=O)Nc2ccc(Br)cc2C)cc(OC)c1OC. The molecule has 0 aliphatic carbocycles. The molecule has 0 atom stereocenters. The fourth-order valence-corrected chi connectivity index (χ4v) is 2.81. The van der Waals surface area contributed by atoms with Gasteiger partial charge >= 0.3 is 11.8 Å². The monoisotopic (exact) mass is 449 g/mol. The van der Waals surface area contributed by atoms with Gasteiger partial charge in [-0.1, -0.05) is 15.9 Å². The molecule has 2 aromatic rings. The summed E-state index contributed by atoms with van der Waals surface area (Å²) >= 11 is 3.34. The molecular weight excluding hydrogens is 430 g/mol. The first kappa shape index (κ1) is 21.2. The van der Waals surface area contributed by atoms with Crippen molar-refractivity contribution in [3.8, 4) is 17.2 Å². The van der Waals surface area contributed by atoms with Gasteiger partial charge in [-0.15, -0.1) is 0 Å². The Bertz CT molecular complexity index is 889. The molecule has 0 aromatic heterocycles. The fourth-order valence-electron chi connectivity index (χ4n) is 2.34. The average Bonchev–Trinajstić information content (AvgIpc) is 2.68. The van der Waals surface area contributed by atoms with Crippen LogP contribution in [0.2, 0.25) is 0 Å². The summed E-state index contributed by atoms with van der Waals surface area (Å²) in [6.07, 6.45) is 1.36. The quantitative estimate of drug-likeness (QED) is 0.401. The van der Waals surface area contributed by atoms with E-state index in [4.69, 9.17) is 14.2 Å². The Morgan fingerprint density at radius 3 is 2.18 bits per heavy atom. The zero-order valence-corrected chi connectivity index (χ0v) is 17.4. The first-order valence-electron chi connectivity index (χ1n) is 8.10. The summed E-state index contributed by atoms with van der Waals surface area (Å²) < 4.78 is 16.6. The summed E-state index contributed by atoms with van der Waals surface area (Å²) in [5.74, 6) is -0.398. The molecule has 0 saturated carbocycles. The fraction of sp³-hybridized carbons (Fsp3) is 0.211. The number of nitrogens with one attached hydrogen (secondary N) is 2. The van der Waals surface area contributed by atoms with E-state index in [1.807, 2.05) is 13.0 Å². The summed E-state index contributed by atoms with van der Waals surface area (Å²) in [5, 5.41) is 6.34. The minimum Gasteiger partial charge on any atom is -0.493 e. The van der Waals surface area contributed by atoms with Gasteiger partial charge in [0.2, 0.25) is 5.75 Å². The Morgan fingerprint density at radius 2 is 1.64 bits per heavy atom. The molecule has 28 heavy (non-hydrogen) atoms. The van der Waals surface area contributed by atoms with Crippen LogP contribution < -0.4 is 25.0 Å². The van der Waals surface area contributed by atoms with Crippen molar-refractivity contribution in [1.29, 1.82) is 0 Å². The van der Waals surface area contributed by atoms with Crippen molar-refractivity contribution in [2.45, 2.75) is 6.92 Å². The molecular formula is C19H20BrN3O5. The van der Waals surface area contributed by atoms with Gasteiger partial charge in [-0.3, -0.25) is 9.59 Å². The molecule has 0 aliphatic heterocycles. The molecule has 0 heterocycles. The Kier molecular flexibility index (Phi) is 7.39. The van der Waals surface area contributed by atoms with Crippen molar-refractivity contribution < 1.29 is 23.8 Å². The van der Waals surface area contributed by atoms with E-state index in [-0.39, 0.29) is 0 Å². The first-order chi connectivity index (χ1) is 13.4. The molecule has 0 unspecified atom stereocenters. The maximum atomic E-state index is 12.0. The third-order valence-corrected chi connectivity index (χ3v) is 4.20. The number of halogens is 1. The molecule has 148 valence electrons. The van der Waals surface area contributed by atoms with Gasteiger partial charge in [0.25, 0.3) is 0 Å². The average molecular weight is 450 g/mol. The van der Waals surface area contributed by atoms with Crippen LogP contribution in [0.25, 0.3) is 0 Å². The standard InChI is InChI=1S/C19H20BrN3O5/c1-11-7-13(20)5-6-14(11)22-18(24)19(25)23-21-10-12-8-15(26-2)17(28-4)16(9-12)27-3/h5-10H,1-4H3,(H,22,24)(H,23,25). The Hall–Kier alpha value is -3.07. The number of benzene rings is 2. The van der Waals surface area contributed by atoms with E-state index in [0.29, 0.717) is 28.5 Å². The normalized spacial score (nSPS) is 10.5. The zero-order chi connectivity index (χ0) is 20.7. The van der Waals surface area contributed by atoms with Crippen LogP contribution in [-0.4, -0.2) is 39.4 Å². The molecule has 2 N–H and O–H groups in total. The summed E-state index contributed by atoms with van der Waals surface area (Å²) in [6, 6.07) is 8.60. The van der Waals surface area contributed by atoms with Crippen LogP contribution in [0.15, 0.2) is 39.9 Å². The predicted octanol–water partition coefficient (Wildman–Crippen LogP) is 2.87. The highest BCUT2D eigenvalue weighted by atomic mass is 79.9. The first-order valence-corrected chi connectivity index (χ1v) is 8.89. The van der Waals surface area contributed by atoms with Gasteiger partial charge in [-0.25, -0.2) is 5.43 Å². The number of hydrazone groups is 1. The lowest BCUT2D eigenvalue weighted by Crippen LogP contribution is -2.32. The third-order valence-electron chi connectivity index (χ3n) is 3.71. The third kappa shape index (κ3) is 5.23. The van der Waals surface area contributed by atoms with Crippen molar-refractivity contribution in [2.75, 3.05) is 26.6 Å². The van der Waals surface area contributed by atoms with E-state index in [0.717, 1.165) is 10.0 Å². The van der Waals surface area contributed by atoms with E-state index < -0.39 is 11.8 Å². The van der Waals surface area contributed by atoms with E-state index in [2.05, 4.69) is 31.8 Å². The molecule has 8 nitrogen and oxygen atoms in total. The van der Waals surface area contributed by atoms with Crippen LogP contribution in [0, 0.1) is 6.92 Å². The predicted molar refractivity (Wildman–Crippen MR) is 109 cm³/mol. The van der Waals surface area contributed by atoms with Crippen LogP contribution in [0.4, 0.5) is 5.69 Å². The molecule has 2 aromatic carbocycles. The molecule has 0 fully saturated rings. The number of hydrogen-bond donors (Lipinski definition) is 2. The highest BCUT2D eigenvalue weighted by Gasteiger charge is 2.15. The number of carbonyl (C=O) groups excluding carboxylic acids is 2. The van der Waals surface area contributed by atoms with Gasteiger partial charge in [0.15, 0.2) is 11.5 Å². The second-order valence-electron chi connectivity index (χ2n) is 5.57. The molecule has 0 saturated heterocycles. The molecule has 0 bridgehead atoms. The van der Waals surface area contributed by atoms with Gasteiger partial charge in [0, 0.05) is 15.7 Å². The second-order valence-corrected chi connectivity index (χ2v) is 6.49. The minimum absolute atomic E-state index is 0.440. The van der Waals surface area contributed by atoms with Crippen molar-refractivity contribution in [1.82, 2.24) is 5.43 Å². The van der Waals surface area contributed by atoms with Crippen molar-refractivity contribution in [2.24, 2.45) is 5.10 Å². The lowest BCUT2D eigenvalue weighted by atomic mass is 10.2. The lowest BCUT2D eigenvalue weighted by Gasteiger charge is -2.12. The Labute approximate surface area is 171 Å². The minimum atomic E-state index is -0.897. The smallest absolute Gasteiger partial charge is 0.329 e. The van der Waals surface area contributed by atoms with Crippen molar-refractivity contribution >= 4 is 39.6 Å². The number of carbonyl (C=O) groups is 2. The van der Waals surface area contributed by atoms with Gasteiger partial charge in [0.1, 0.15) is 0 Å². The van der Waals surface area contributed by atoms with Gasteiger partial charge in [-0.2, -0.15) is 5.10 Å². The number of anilines is 1. The number of ether oxygens (including phenoxy) is 3. The second kappa shape index (κ2) is 9.75. The zero-order valence-electron chi connectivity index (χ0n) is 15.8. The summed E-state index contributed by atoms with van der Waals surface area (Å²) in [4.78, 5) is 24.0. The number of nitrogens with zero attached hydrogens (tertiary/aromatic N) is 1.